The van der Waals surface area contributed by atoms with Crippen molar-refractivity contribution < 1.29 is 24.2 Å². The fourth-order valence-electron chi connectivity index (χ4n) is 8.93. The molecule has 1 spiro atoms. The van der Waals surface area contributed by atoms with Crippen molar-refractivity contribution in [3.63, 3.8) is 0 Å². The molecule has 11 heteroatoms. The van der Waals surface area contributed by atoms with E-state index in [1.54, 1.807) is 28.1 Å². The summed E-state index contributed by atoms with van der Waals surface area (Å²) < 4.78 is 8.36. The normalized spacial score (nSPS) is 24.1. The first-order valence-electron chi connectivity index (χ1n) is 17.9. The Bertz CT molecular complexity index is 2250. The first-order chi connectivity index (χ1) is 25.0. The number of carbonyl (C=O) groups is 2. The van der Waals surface area contributed by atoms with Crippen molar-refractivity contribution in [2.75, 3.05) is 11.5 Å². The van der Waals surface area contributed by atoms with Gasteiger partial charge in [0.2, 0.25) is 5.91 Å². The van der Waals surface area contributed by atoms with Crippen LogP contribution in [0.2, 0.25) is 18.6 Å². The molecule has 3 aliphatic heterocycles. The van der Waals surface area contributed by atoms with Crippen LogP contribution in [0.1, 0.15) is 35.6 Å². The Hall–Kier alpha value is -4.94. The number of hydrogen-bond donors (Lipinski definition) is 2. The van der Waals surface area contributed by atoms with Crippen LogP contribution in [0.5, 0.6) is 0 Å². The summed E-state index contributed by atoms with van der Waals surface area (Å²) in [5, 5.41) is 16.1. The van der Waals surface area contributed by atoms with Crippen LogP contribution in [-0.4, -0.2) is 63.5 Å². The number of hydrogen-bond acceptors (Lipinski definition) is 7. The van der Waals surface area contributed by atoms with E-state index in [4.69, 9.17) is 4.74 Å². The average molecular weight is 715 g/mol. The number of nitrogens with zero attached hydrogens (tertiary/aromatic N) is 4. The molecular formula is C41H42N4O6Si. The lowest BCUT2D eigenvalue weighted by atomic mass is 9.82. The third-order valence-corrected chi connectivity index (χ3v) is 13.9. The van der Waals surface area contributed by atoms with Crippen LogP contribution in [0.25, 0.3) is 16.5 Å². The summed E-state index contributed by atoms with van der Waals surface area (Å²) in [7, 11) is -3.09. The highest BCUT2D eigenvalue weighted by Crippen LogP contribution is 2.60. The van der Waals surface area contributed by atoms with Crippen molar-refractivity contribution in [2.45, 2.75) is 69.2 Å². The van der Waals surface area contributed by atoms with Gasteiger partial charge in [-0.2, -0.15) is 9.78 Å². The monoisotopic (exact) mass is 714 g/mol. The van der Waals surface area contributed by atoms with E-state index < -0.39 is 37.5 Å². The predicted molar refractivity (Wildman–Crippen MR) is 200 cm³/mol. The Labute approximate surface area is 303 Å². The molecule has 2 N–H and O–H groups in total. The van der Waals surface area contributed by atoms with Gasteiger partial charge in [-0.1, -0.05) is 79.7 Å². The molecule has 0 unspecified atom stereocenters. The maximum absolute atomic E-state index is 15.1. The molecule has 1 saturated heterocycles. The standard InChI is InChI=1S/C41H42N4O6Si/c1-26-38(52(2,3)50)36(21-37(47)43-24-30-15-8-7-13-28(30)19-32(43)25-46)51-41(26)34-20-31(45-39(48)33-16-10-9-14-29(33)22-42-45)17-18-35(34)44(40(41)49)23-27-11-5-4-6-12-27/h4-18,20,22,26,32,36,38,46,50H,19,21,23-25H2,1-3H3/t26-,32+,36+,38-,41+/m1/s1. The minimum atomic E-state index is -3.09. The zero-order valence-electron chi connectivity index (χ0n) is 29.5. The van der Waals surface area contributed by atoms with Crippen LogP contribution in [0, 0.1) is 5.92 Å². The van der Waals surface area contributed by atoms with E-state index in [2.05, 4.69) is 5.10 Å². The number of carbonyl (C=O) groups excluding carboxylic acids is 2. The van der Waals surface area contributed by atoms with Gasteiger partial charge < -0.3 is 24.4 Å². The molecule has 4 heterocycles. The topological polar surface area (TPSA) is 125 Å². The second kappa shape index (κ2) is 12.9. The van der Waals surface area contributed by atoms with Crippen LogP contribution in [0.4, 0.5) is 5.69 Å². The van der Waals surface area contributed by atoms with Gasteiger partial charge in [-0.05, 0) is 60.5 Å². The van der Waals surface area contributed by atoms with Crippen LogP contribution in [-0.2, 0) is 39.4 Å². The van der Waals surface area contributed by atoms with Crippen molar-refractivity contribution in [1.29, 1.82) is 0 Å². The van der Waals surface area contributed by atoms with Gasteiger partial charge in [0.15, 0.2) is 13.9 Å². The van der Waals surface area contributed by atoms with Gasteiger partial charge >= 0.3 is 0 Å². The predicted octanol–water partition coefficient (Wildman–Crippen LogP) is 5.07. The molecule has 266 valence electrons. The van der Waals surface area contributed by atoms with Crippen molar-refractivity contribution in [3.8, 4) is 5.69 Å². The molecule has 10 nitrogen and oxygen atoms in total. The van der Waals surface area contributed by atoms with Crippen molar-refractivity contribution in [3.05, 3.63) is 136 Å². The largest absolute Gasteiger partial charge is 0.432 e. The third kappa shape index (κ3) is 5.50. The summed E-state index contributed by atoms with van der Waals surface area (Å²) in [6.07, 6.45) is 1.36. The zero-order valence-corrected chi connectivity index (χ0v) is 30.5. The van der Waals surface area contributed by atoms with Gasteiger partial charge in [-0.25, -0.2) is 0 Å². The minimum absolute atomic E-state index is 0.0565. The molecule has 4 aromatic carbocycles. The van der Waals surface area contributed by atoms with Crippen molar-refractivity contribution in [2.24, 2.45) is 5.92 Å². The van der Waals surface area contributed by atoms with Gasteiger partial charge in [0, 0.05) is 29.0 Å². The second-order valence-corrected chi connectivity index (χ2v) is 18.9. The lowest BCUT2D eigenvalue weighted by Crippen LogP contribution is -2.48. The Kier molecular flexibility index (Phi) is 8.49. The maximum atomic E-state index is 15.1. The molecule has 3 aliphatic rings. The molecule has 0 saturated carbocycles. The van der Waals surface area contributed by atoms with Gasteiger partial charge in [0.05, 0.1) is 54.7 Å². The van der Waals surface area contributed by atoms with E-state index in [1.807, 2.05) is 105 Å². The van der Waals surface area contributed by atoms with Crippen LogP contribution >= 0.6 is 0 Å². The molecule has 52 heavy (non-hydrogen) atoms. The number of benzene rings is 4. The first kappa shape index (κ1) is 34.2. The molecule has 8 rings (SSSR count). The number of ether oxygens (including phenoxy) is 1. The highest BCUT2D eigenvalue weighted by molar-refractivity contribution is 6.71. The summed E-state index contributed by atoms with van der Waals surface area (Å²) >= 11 is 0. The zero-order chi connectivity index (χ0) is 36.4. The Morgan fingerprint density at radius 2 is 1.67 bits per heavy atom. The number of aliphatic hydroxyl groups excluding tert-OH is 1. The van der Waals surface area contributed by atoms with Crippen LogP contribution in [0.3, 0.4) is 0 Å². The Balaban J connectivity index is 1.22. The number of aromatic nitrogens is 2. The second-order valence-electron chi connectivity index (χ2n) is 14.9. The summed E-state index contributed by atoms with van der Waals surface area (Å²) in [5.74, 6) is -0.983. The summed E-state index contributed by atoms with van der Waals surface area (Å²) in [6.45, 7) is 6.08. The summed E-state index contributed by atoms with van der Waals surface area (Å²) in [4.78, 5) is 58.3. The number of anilines is 1. The lowest BCUT2D eigenvalue weighted by molar-refractivity contribution is -0.151. The van der Waals surface area contributed by atoms with Crippen molar-refractivity contribution >= 4 is 36.6 Å². The third-order valence-electron chi connectivity index (χ3n) is 11.4. The Morgan fingerprint density at radius 3 is 2.42 bits per heavy atom. The fraction of sp³-hybridized carbons (Fsp3) is 0.317. The lowest BCUT2D eigenvalue weighted by Gasteiger charge is -2.37. The highest BCUT2D eigenvalue weighted by atomic mass is 28.4. The Morgan fingerprint density at radius 1 is 0.962 bits per heavy atom. The molecule has 0 aliphatic carbocycles. The molecule has 0 bridgehead atoms. The van der Waals surface area contributed by atoms with Gasteiger partial charge in [0.1, 0.15) is 0 Å². The van der Waals surface area contributed by atoms with E-state index in [-0.39, 0.29) is 36.9 Å². The molecule has 1 aromatic heterocycles. The molecule has 1 fully saturated rings. The molecule has 5 aromatic rings. The van der Waals surface area contributed by atoms with E-state index in [9.17, 15) is 19.5 Å². The summed E-state index contributed by atoms with van der Waals surface area (Å²) in [6, 6.07) is 30.0. The van der Waals surface area contributed by atoms with Crippen molar-refractivity contribution in [1.82, 2.24) is 14.7 Å². The molecule has 0 radical (unpaired) electrons. The SMILES string of the molecule is C[C@@H]1[C@@H]([Si](C)(C)O)[C@H](CC(=O)N2Cc3ccccc3C[C@H]2CO)O[C@@]12C(=O)N(Cc1ccccc1)c1ccc(-n3ncc4ccccc4c3=O)cc12. The number of rotatable bonds is 7. The van der Waals surface area contributed by atoms with Gasteiger partial charge in [-0.3, -0.25) is 14.4 Å². The molecule has 2 amide bonds. The van der Waals surface area contributed by atoms with E-state index in [0.717, 1.165) is 22.1 Å². The number of aliphatic hydroxyl groups is 1. The average Bonchev–Trinajstić information content (AvgIpc) is 3.57. The van der Waals surface area contributed by atoms with E-state index in [0.29, 0.717) is 35.3 Å². The van der Waals surface area contributed by atoms with Gasteiger partial charge in [-0.15, -0.1) is 0 Å². The van der Waals surface area contributed by atoms with Gasteiger partial charge in [0.25, 0.3) is 11.5 Å². The minimum Gasteiger partial charge on any atom is -0.432 e. The van der Waals surface area contributed by atoms with Crippen LogP contribution < -0.4 is 10.5 Å². The summed E-state index contributed by atoms with van der Waals surface area (Å²) in [5.41, 5.74) is 2.48. The number of fused-ring (bicyclic) bond motifs is 4. The molecular weight excluding hydrogens is 673 g/mol. The van der Waals surface area contributed by atoms with E-state index in [1.165, 1.54) is 4.68 Å². The van der Waals surface area contributed by atoms with Crippen LogP contribution in [0.15, 0.2) is 108 Å². The fourth-order valence-corrected chi connectivity index (χ4v) is 11.5. The highest BCUT2D eigenvalue weighted by Gasteiger charge is 2.66. The first-order valence-corrected chi connectivity index (χ1v) is 20.9. The maximum Gasteiger partial charge on any atom is 0.279 e. The number of amides is 2. The molecule has 5 atom stereocenters. The smallest absolute Gasteiger partial charge is 0.279 e. The van der Waals surface area contributed by atoms with E-state index >= 15 is 4.79 Å². The quantitative estimate of drug-likeness (QED) is 0.226.